The normalized spacial score (nSPS) is 11.5. The number of esters is 1. The fourth-order valence-electron chi connectivity index (χ4n) is 3.87. The highest BCUT2D eigenvalue weighted by Crippen LogP contribution is 2.36. The molecule has 1 N–H and O–H groups in total. The lowest BCUT2D eigenvalue weighted by Crippen LogP contribution is -2.14. The van der Waals surface area contributed by atoms with Crippen LogP contribution in [0.25, 0.3) is 16.6 Å². The van der Waals surface area contributed by atoms with Gasteiger partial charge < -0.3 is 19.1 Å². The summed E-state index contributed by atoms with van der Waals surface area (Å²) in [6.45, 7) is 1.78. The Balaban J connectivity index is 1.84. The minimum Gasteiger partial charge on any atom is -0.478 e. The molecule has 1 aromatic heterocycles. The van der Waals surface area contributed by atoms with E-state index in [9.17, 15) is 27.9 Å². The molecule has 0 spiro atoms. The van der Waals surface area contributed by atoms with Crippen LogP contribution in [0.15, 0.2) is 66.7 Å². The number of fused-ring (bicyclic) bond motifs is 1. The maximum atomic E-state index is 12.8. The fourth-order valence-corrected chi connectivity index (χ4v) is 4.00. The Morgan fingerprint density at radius 2 is 1.61 bits per heavy atom. The van der Waals surface area contributed by atoms with Gasteiger partial charge in [0.05, 0.1) is 29.7 Å². The average Bonchev–Trinajstić information content (AvgIpc) is 3.12. The van der Waals surface area contributed by atoms with Crippen LogP contribution in [0.3, 0.4) is 0 Å². The van der Waals surface area contributed by atoms with E-state index in [1.54, 1.807) is 47.9 Å². The lowest BCUT2D eigenvalue weighted by Gasteiger charge is -2.12. The number of carbonyl (C=O) groups excluding carboxylic acids is 1. The van der Waals surface area contributed by atoms with Crippen molar-refractivity contribution in [2.45, 2.75) is 19.5 Å². The van der Waals surface area contributed by atoms with Crippen molar-refractivity contribution < 1.29 is 37.3 Å². The SMILES string of the molecule is CCOC(=O)Cc1c(C(=O)O)c2cc(Oc3ccc(C(F)(F)F)cc3)ccc2n1-c1ccc(Cl)cc1. The van der Waals surface area contributed by atoms with E-state index in [0.29, 0.717) is 16.2 Å². The Bertz CT molecular complexity index is 1430. The van der Waals surface area contributed by atoms with Gasteiger partial charge in [-0.25, -0.2) is 4.79 Å². The second-order valence-corrected chi connectivity index (χ2v) is 8.16. The van der Waals surface area contributed by atoms with Gasteiger partial charge in [-0.2, -0.15) is 13.2 Å². The summed E-state index contributed by atoms with van der Waals surface area (Å²) >= 11 is 6.01. The first-order valence-corrected chi connectivity index (χ1v) is 11.1. The molecule has 1 heterocycles. The van der Waals surface area contributed by atoms with Gasteiger partial charge in [0.1, 0.15) is 11.5 Å². The van der Waals surface area contributed by atoms with Crippen molar-refractivity contribution in [2.75, 3.05) is 6.61 Å². The fraction of sp³-hybridized carbons (Fsp3) is 0.154. The van der Waals surface area contributed by atoms with Crippen molar-refractivity contribution in [3.63, 3.8) is 0 Å². The predicted molar refractivity (Wildman–Crippen MR) is 127 cm³/mol. The lowest BCUT2D eigenvalue weighted by molar-refractivity contribution is -0.142. The predicted octanol–water partition coefficient (Wildman–Crippen LogP) is 6.90. The first-order valence-electron chi connectivity index (χ1n) is 10.8. The van der Waals surface area contributed by atoms with E-state index >= 15 is 0 Å². The van der Waals surface area contributed by atoms with Crippen molar-refractivity contribution in [3.05, 3.63) is 88.6 Å². The topological polar surface area (TPSA) is 77.8 Å². The summed E-state index contributed by atoms with van der Waals surface area (Å²) in [4.78, 5) is 24.7. The van der Waals surface area contributed by atoms with Gasteiger partial charge in [0.25, 0.3) is 0 Å². The van der Waals surface area contributed by atoms with Crippen molar-refractivity contribution in [2.24, 2.45) is 0 Å². The smallest absolute Gasteiger partial charge is 0.416 e. The molecule has 6 nitrogen and oxygen atoms in total. The molecule has 0 aliphatic carbocycles. The third-order valence-electron chi connectivity index (χ3n) is 5.37. The number of ether oxygens (including phenoxy) is 2. The van der Waals surface area contributed by atoms with Gasteiger partial charge >= 0.3 is 18.1 Å². The lowest BCUT2D eigenvalue weighted by atomic mass is 10.1. The molecule has 4 rings (SSSR count). The number of hydrogen-bond acceptors (Lipinski definition) is 4. The van der Waals surface area contributed by atoms with Gasteiger partial charge in [-0.05, 0) is 73.7 Å². The molecule has 4 aromatic rings. The van der Waals surface area contributed by atoms with Crippen molar-refractivity contribution in [3.8, 4) is 17.2 Å². The molecule has 10 heteroatoms. The quantitative estimate of drug-likeness (QED) is 0.270. The van der Waals surface area contributed by atoms with Crippen LogP contribution in [0.1, 0.15) is 28.5 Å². The maximum absolute atomic E-state index is 12.8. The van der Waals surface area contributed by atoms with Gasteiger partial charge in [0.2, 0.25) is 0 Å². The number of alkyl halides is 3. The van der Waals surface area contributed by atoms with Gasteiger partial charge in [-0.1, -0.05) is 11.6 Å². The van der Waals surface area contributed by atoms with Crippen LogP contribution in [0.4, 0.5) is 13.2 Å². The summed E-state index contributed by atoms with van der Waals surface area (Å²) in [5.74, 6) is -1.51. The third kappa shape index (κ3) is 5.16. The number of hydrogen-bond donors (Lipinski definition) is 1. The van der Waals surface area contributed by atoms with Crippen LogP contribution in [0.5, 0.6) is 11.5 Å². The van der Waals surface area contributed by atoms with E-state index in [1.165, 1.54) is 18.2 Å². The molecule has 0 aliphatic rings. The Hall–Kier alpha value is -3.98. The van der Waals surface area contributed by atoms with Gasteiger partial charge in [-0.15, -0.1) is 0 Å². The zero-order chi connectivity index (χ0) is 26.0. The number of carbonyl (C=O) groups is 2. The second kappa shape index (κ2) is 9.94. The summed E-state index contributed by atoms with van der Waals surface area (Å²) in [6.07, 6.45) is -4.78. The minimum absolute atomic E-state index is 0.120. The van der Waals surface area contributed by atoms with E-state index in [-0.39, 0.29) is 41.2 Å². The van der Waals surface area contributed by atoms with Crippen molar-refractivity contribution >= 4 is 34.4 Å². The maximum Gasteiger partial charge on any atom is 0.416 e. The Labute approximate surface area is 208 Å². The summed E-state index contributed by atoms with van der Waals surface area (Å²) in [6, 6.07) is 15.4. The zero-order valence-electron chi connectivity index (χ0n) is 18.8. The molecule has 0 bridgehead atoms. The molecule has 0 radical (unpaired) electrons. The number of aromatic nitrogens is 1. The van der Waals surface area contributed by atoms with E-state index in [1.807, 2.05) is 0 Å². The molecule has 0 fully saturated rings. The molecule has 0 saturated heterocycles. The highest BCUT2D eigenvalue weighted by atomic mass is 35.5. The molecule has 3 aromatic carbocycles. The average molecular weight is 518 g/mol. The highest BCUT2D eigenvalue weighted by Gasteiger charge is 2.30. The number of benzene rings is 3. The summed E-state index contributed by atoms with van der Waals surface area (Å²) < 4.78 is 50.9. The molecule has 36 heavy (non-hydrogen) atoms. The largest absolute Gasteiger partial charge is 0.478 e. The molecule has 186 valence electrons. The summed E-state index contributed by atoms with van der Waals surface area (Å²) in [5, 5.41) is 10.8. The first kappa shape index (κ1) is 25.1. The molecule has 0 saturated carbocycles. The zero-order valence-corrected chi connectivity index (χ0v) is 19.6. The minimum atomic E-state index is -4.48. The van der Waals surface area contributed by atoms with E-state index in [4.69, 9.17) is 21.1 Å². The van der Waals surface area contributed by atoms with E-state index in [0.717, 1.165) is 12.1 Å². The van der Waals surface area contributed by atoms with Gasteiger partial charge in [0.15, 0.2) is 0 Å². The van der Waals surface area contributed by atoms with Crippen LogP contribution in [0, 0.1) is 0 Å². The number of carboxylic acids is 1. The summed E-state index contributed by atoms with van der Waals surface area (Å²) in [5.41, 5.74) is 0.319. The number of rotatable bonds is 7. The van der Waals surface area contributed by atoms with Gasteiger partial charge in [0, 0.05) is 21.8 Å². The van der Waals surface area contributed by atoms with Crippen LogP contribution in [0.2, 0.25) is 5.02 Å². The Kier molecular flexibility index (Phi) is 6.94. The molecule has 0 aliphatic heterocycles. The molecule has 0 unspecified atom stereocenters. The molecule has 0 amide bonds. The van der Waals surface area contributed by atoms with E-state index < -0.39 is 23.7 Å². The standard InChI is InChI=1S/C26H19ClF3NO5/c1-2-35-23(32)14-22-24(25(33)34)20-13-19(36-18-9-3-15(4-10-18)26(28,29)30)11-12-21(20)31(22)17-7-5-16(27)6-8-17/h3-13H,2,14H2,1H3,(H,33,34). The van der Waals surface area contributed by atoms with Crippen molar-refractivity contribution in [1.82, 2.24) is 4.57 Å². The molecular formula is C26H19ClF3NO5. The monoisotopic (exact) mass is 517 g/mol. The molecule has 0 atom stereocenters. The van der Waals surface area contributed by atoms with Crippen molar-refractivity contribution in [1.29, 1.82) is 0 Å². The number of aromatic carboxylic acids is 1. The second-order valence-electron chi connectivity index (χ2n) is 7.72. The number of carboxylic acid groups (broad SMARTS) is 1. The Morgan fingerprint density at radius 3 is 2.19 bits per heavy atom. The number of nitrogens with zero attached hydrogens (tertiary/aromatic N) is 1. The van der Waals surface area contributed by atoms with E-state index in [2.05, 4.69) is 0 Å². The number of halogens is 4. The third-order valence-corrected chi connectivity index (χ3v) is 5.62. The van der Waals surface area contributed by atoms with Crippen LogP contribution in [-0.4, -0.2) is 28.2 Å². The van der Waals surface area contributed by atoms with Crippen LogP contribution in [-0.2, 0) is 22.1 Å². The van der Waals surface area contributed by atoms with Crippen LogP contribution < -0.4 is 4.74 Å². The van der Waals surface area contributed by atoms with Crippen LogP contribution >= 0.6 is 11.6 Å². The molecular weight excluding hydrogens is 499 g/mol. The van der Waals surface area contributed by atoms with Gasteiger partial charge in [-0.3, -0.25) is 4.79 Å². The first-order chi connectivity index (χ1) is 17.1. The summed E-state index contributed by atoms with van der Waals surface area (Å²) in [7, 11) is 0. The highest BCUT2D eigenvalue weighted by molar-refractivity contribution is 6.30. The Morgan fingerprint density at radius 1 is 0.972 bits per heavy atom.